The fourth-order valence-corrected chi connectivity index (χ4v) is 3.25. The monoisotopic (exact) mass is 382 g/mol. The summed E-state index contributed by atoms with van der Waals surface area (Å²) in [4.78, 5) is 9.00. The van der Waals surface area contributed by atoms with Crippen molar-refractivity contribution < 1.29 is 9.47 Å². The van der Waals surface area contributed by atoms with Gasteiger partial charge in [-0.15, -0.1) is 11.3 Å². The number of benzene rings is 2. The zero-order chi connectivity index (χ0) is 19.1. The van der Waals surface area contributed by atoms with Crippen LogP contribution >= 0.6 is 11.3 Å². The first-order chi connectivity index (χ1) is 13.2. The molecule has 3 aromatic rings. The number of ether oxygens (including phenoxy) is 2. The van der Waals surface area contributed by atoms with Crippen LogP contribution in [0.1, 0.15) is 10.6 Å². The molecule has 2 aromatic carbocycles. The standard InChI is InChI=1S/C20H22N4O2S/c1-25-17-9-8-14(10-18(17)26-2)11-22-20(21)23-12-19-24-16(13-27-19)15-6-4-3-5-7-15/h3-10,13H,11-12H2,1-2H3,(H3,21,22,23). The highest BCUT2D eigenvalue weighted by Gasteiger charge is 2.06. The smallest absolute Gasteiger partial charge is 0.189 e. The minimum Gasteiger partial charge on any atom is -0.493 e. The number of hydrogen-bond donors (Lipinski definition) is 2. The van der Waals surface area contributed by atoms with Gasteiger partial charge in [0.25, 0.3) is 0 Å². The maximum atomic E-state index is 5.97. The highest BCUT2D eigenvalue weighted by molar-refractivity contribution is 7.09. The molecule has 0 aliphatic carbocycles. The van der Waals surface area contributed by atoms with Crippen LogP contribution < -0.4 is 20.5 Å². The molecule has 0 atom stereocenters. The molecule has 1 heterocycles. The molecule has 1 aromatic heterocycles. The molecule has 0 amide bonds. The van der Waals surface area contributed by atoms with Crippen molar-refractivity contribution in [2.24, 2.45) is 10.7 Å². The Kier molecular flexibility index (Phi) is 6.27. The summed E-state index contributed by atoms with van der Waals surface area (Å²) in [7, 11) is 3.22. The van der Waals surface area contributed by atoms with Gasteiger partial charge in [0, 0.05) is 10.9 Å². The lowest BCUT2D eigenvalue weighted by molar-refractivity contribution is 0.354. The Hall–Kier alpha value is -3.06. The molecular formula is C20H22N4O2S. The summed E-state index contributed by atoms with van der Waals surface area (Å²) in [6, 6.07) is 15.8. The van der Waals surface area contributed by atoms with Crippen molar-refractivity contribution in [3.8, 4) is 22.8 Å². The molecule has 7 heteroatoms. The summed E-state index contributed by atoms with van der Waals surface area (Å²) >= 11 is 1.60. The van der Waals surface area contributed by atoms with E-state index < -0.39 is 0 Å². The molecule has 0 radical (unpaired) electrons. The Morgan fingerprint density at radius 1 is 1.11 bits per heavy atom. The second-order valence-electron chi connectivity index (χ2n) is 5.74. The quantitative estimate of drug-likeness (QED) is 0.483. The van der Waals surface area contributed by atoms with Crippen LogP contribution in [0.2, 0.25) is 0 Å². The van der Waals surface area contributed by atoms with E-state index in [1.54, 1.807) is 25.6 Å². The molecular weight excluding hydrogens is 360 g/mol. The molecule has 0 fully saturated rings. The summed E-state index contributed by atoms with van der Waals surface area (Å²) in [6.07, 6.45) is 0. The molecule has 0 aliphatic heterocycles. The first-order valence-electron chi connectivity index (χ1n) is 8.44. The third-order valence-electron chi connectivity index (χ3n) is 3.92. The Morgan fingerprint density at radius 2 is 1.89 bits per heavy atom. The first kappa shape index (κ1) is 18.7. The maximum absolute atomic E-state index is 5.97. The van der Waals surface area contributed by atoms with Gasteiger partial charge in [0.15, 0.2) is 17.5 Å². The van der Waals surface area contributed by atoms with Crippen LogP contribution in [0, 0.1) is 0 Å². The molecule has 140 valence electrons. The van der Waals surface area contributed by atoms with E-state index in [4.69, 9.17) is 15.2 Å². The number of rotatable bonds is 7. The van der Waals surface area contributed by atoms with Crippen molar-refractivity contribution in [3.63, 3.8) is 0 Å². The first-order valence-corrected chi connectivity index (χ1v) is 9.32. The molecule has 0 bridgehead atoms. The van der Waals surface area contributed by atoms with Gasteiger partial charge in [0.2, 0.25) is 0 Å². The number of aromatic nitrogens is 1. The second kappa shape index (κ2) is 9.05. The molecule has 0 unspecified atom stereocenters. The van der Waals surface area contributed by atoms with Gasteiger partial charge in [-0.2, -0.15) is 0 Å². The van der Waals surface area contributed by atoms with Crippen LogP contribution in [-0.4, -0.2) is 25.2 Å². The van der Waals surface area contributed by atoms with Gasteiger partial charge in [-0.25, -0.2) is 9.98 Å². The zero-order valence-corrected chi connectivity index (χ0v) is 16.1. The van der Waals surface area contributed by atoms with Gasteiger partial charge < -0.3 is 20.5 Å². The van der Waals surface area contributed by atoms with Crippen LogP contribution in [0.4, 0.5) is 0 Å². The molecule has 3 rings (SSSR count). The van der Waals surface area contributed by atoms with Gasteiger partial charge in [-0.3, -0.25) is 0 Å². The van der Waals surface area contributed by atoms with Gasteiger partial charge in [0.1, 0.15) is 5.01 Å². The Balaban J connectivity index is 1.56. The van der Waals surface area contributed by atoms with Crippen molar-refractivity contribution in [1.29, 1.82) is 0 Å². The SMILES string of the molecule is COc1ccc(CN=C(N)NCc2nc(-c3ccccc3)cs2)cc1OC. The Morgan fingerprint density at radius 3 is 2.63 bits per heavy atom. The topological polar surface area (TPSA) is 81.8 Å². The van der Waals surface area contributed by atoms with Gasteiger partial charge >= 0.3 is 0 Å². The van der Waals surface area contributed by atoms with Crippen molar-refractivity contribution in [1.82, 2.24) is 10.3 Å². The molecule has 0 aliphatic rings. The third-order valence-corrected chi connectivity index (χ3v) is 4.77. The second-order valence-corrected chi connectivity index (χ2v) is 6.68. The number of aliphatic imine (C=N–C) groups is 1. The predicted octanol–water partition coefficient (Wildman–Crippen LogP) is 3.43. The Labute approximate surface area is 162 Å². The van der Waals surface area contributed by atoms with E-state index in [2.05, 4.69) is 15.3 Å². The number of nitrogens with zero attached hydrogens (tertiary/aromatic N) is 2. The average molecular weight is 382 g/mol. The number of methoxy groups -OCH3 is 2. The van der Waals surface area contributed by atoms with Crippen molar-refractivity contribution in [2.75, 3.05) is 14.2 Å². The summed E-state index contributed by atoms with van der Waals surface area (Å²) in [5.41, 5.74) is 9.04. The summed E-state index contributed by atoms with van der Waals surface area (Å²) in [5, 5.41) is 6.11. The van der Waals surface area contributed by atoms with Crippen molar-refractivity contribution >= 4 is 17.3 Å². The molecule has 0 saturated heterocycles. The van der Waals surface area contributed by atoms with E-state index >= 15 is 0 Å². The van der Waals surface area contributed by atoms with E-state index in [1.807, 2.05) is 53.9 Å². The van der Waals surface area contributed by atoms with Crippen LogP contribution in [0.15, 0.2) is 58.9 Å². The summed E-state index contributed by atoms with van der Waals surface area (Å²) in [6.45, 7) is 0.991. The lowest BCUT2D eigenvalue weighted by atomic mass is 10.2. The lowest BCUT2D eigenvalue weighted by Gasteiger charge is -2.09. The fourth-order valence-electron chi connectivity index (χ4n) is 2.51. The van der Waals surface area contributed by atoms with E-state index in [0.29, 0.717) is 30.5 Å². The molecule has 27 heavy (non-hydrogen) atoms. The number of guanidine groups is 1. The van der Waals surface area contributed by atoms with Crippen LogP contribution in [0.25, 0.3) is 11.3 Å². The van der Waals surface area contributed by atoms with Crippen molar-refractivity contribution in [2.45, 2.75) is 13.1 Å². The van der Waals surface area contributed by atoms with E-state index in [0.717, 1.165) is 21.8 Å². The van der Waals surface area contributed by atoms with E-state index in [9.17, 15) is 0 Å². The lowest BCUT2D eigenvalue weighted by Crippen LogP contribution is -2.31. The van der Waals surface area contributed by atoms with Gasteiger partial charge in [-0.1, -0.05) is 36.4 Å². The van der Waals surface area contributed by atoms with E-state index in [1.165, 1.54) is 0 Å². The normalized spacial score (nSPS) is 11.3. The minimum atomic E-state index is 0.376. The fraction of sp³-hybridized carbons (Fsp3) is 0.200. The Bertz CT molecular complexity index is 909. The van der Waals surface area contributed by atoms with Gasteiger partial charge in [0.05, 0.1) is 33.0 Å². The number of thiazole rings is 1. The van der Waals surface area contributed by atoms with Gasteiger partial charge in [-0.05, 0) is 17.7 Å². The molecule has 3 N–H and O–H groups in total. The van der Waals surface area contributed by atoms with Crippen LogP contribution in [-0.2, 0) is 13.1 Å². The highest BCUT2D eigenvalue weighted by atomic mass is 32.1. The highest BCUT2D eigenvalue weighted by Crippen LogP contribution is 2.27. The molecule has 6 nitrogen and oxygen atoms in total. The summed E-state index contributed by atoms with van der Waals surface area (Å²) < 4.78 is 10.5. The number of hydrogen-bond acceptors (Lipinski definition) is 5. The predicted molar refractivity (Wildman–Crippen MR) is 109 cm³/mol. The average Bonchev–Trinajstić information content (AvgIpc) is 3.20. The molecule has 0 saturated carbocycles. The maximum Gasteiger partial charge on any atom is 0.189 e. The third kappa shape index (κ3) is 4.98. The van der Waals surface area contributed by atoms with E-state index in [-0.39, 0.29) is 0 Å². The van der Waals surface area contributed by atoms with Crippen molar-refractivity contribution in [3.05, 3.63) is 64.5 Å². The summed E-state index contributed by atoms with van der Waals surface area (Å²) in [5.74, 6) is 1.74. The van der Waals surface area contributed by atoms with Crippen LogP contribution in [0.3, 0.4) is 0 Å². The number of nitrogens with one attached hydrogen (secondary N) is 1. The zero-order valence-electron chi connectivity index (χ0n) is 15.3. The largest absolute Gasteiger partial charge is 0.493 e. The molecule has 0 spiro atoms. The number of nitrogens with two attached hydrogens (primary N) is 1. The minimum absolute atomic E-state index is 0.376. The van der Waals surface area contributed by atoms with Crippen LogP contribution in [0.5, 0.6) is 11.5 Å².